The summed E-state index contributed by atoms with van der Waals surface area (Å²) in [5, 5.41) is 7.65. The number of aromatic nitrogens is 3. The van der Waals surface area contributed by atoms with Crippen LogP contribution in [0.5, 0.6) is 11.5 Å². The Hall–Kier alpha value is -2.84. The van der Waals surface area contributed by atoms with Crippen LogP contribution < -0.4 is 9.47 Å². The lowest BCUT2D eigenvalue weighted by Crippen LogP contribution is -2.31. The SMILES string of the molecule is COc1ccc(-c2n[nH]c(=S)n2CCC(=O)N(C)CCOc2ccccc2Cl)cc1. The molecule has 2 aromatic carbocycles. The van der Waals surface area contributed by atoms with Gasteiger partial charge in [-0.25, -0.2) is 0 Å². The van der Waals surface area contributed by atoms with E-state index in [0.717, 1.165) is 11.3 Å². The van der Waals surface area contributed by atoms with E-state index in [1.54, 1.807) is 31.2 Å². The maximum atomic E-state index is 12.5. The summed E-state index contributed by atoms with van der Waals surface area (Å²) in [6.07, 6.45) is 0.291. The van der Waals surface area contributed by atoms with E-state index in [1.165, 1.54) is 0 Å². The number of nitrogens with one attached hydrogen (secondary N) is 1. The number of benzene rings is 2. The molecule has 7 nitrogen and oxygen atoms in total. The van der Waals surface area contributed by atoms with Crippen LogP contribution in [0.25, 0.3) is 11.4 Å². The second-order valence-corrected chi connectivity index (χ2v) is 7.37. The van der Waals surface area contributed by atoms with Crippen LogP contribution in [-0.4, -0.2) is 52.9 Å². The van der Waals surface area contributed by atoms with Crippen molar-refractivity contribution in [2.45, 2.75) is 13.0 Å². The van der Waals surface area contributed by atoms with E-state index < -0.39 is 0 Å². The number of methoxy groups -OCH3 is 1. The zero-order valence-electron chi connectivity index (χ0n) is 16.8. The van der Waals surface area contributed by atoms with Crippen molar-refractivity contribution in [3.63, 3.8) is 0 Å². The van der Waals surface area contributed by atoms with Gasteiger partial charge in [-0.1, -0.05) is 23.7 Å². The Balaban J connectivity index is 1.56. The van der Waals surface area contributed by atoms with Gasteiger partial charge >= 0.3 is 0 Å². The third-order valence-electron chi connectivity index (χ3n) is 4.60. The lowest BCUT2D eigenvalue weighted by molar-refractivity contribution is -0.130. The van der Waals surface area contributed by atoms with E-state index in [4.69, 9.17) is 33.3 Å². The molecule has 158 valence electrons. The predicted molar refractivity (Wildman–Crippen MR) is 119 cm³/mol. The number of para-hydroxylation sites is 1. The van der Waals surface area contributed by atoms with Crippen molar-refractivity contribution in [2.75, 3.05) is 27.3 Å². The van der Waals surface area contributed by atoms with Crippen molar-refractivity contribution in [1.82, 2.24) is 19.7 Å². The third kappa shape index (κ3) is 5.40. The average Bonchev–Trinajstić information content (AvgIpc) is 3.13. The Morgan fingerprint density at radius 1 is 1.23 bits per heavy atom. The molecule has 0 aliphatic heterocycles. The highest BCUT2D eigenvalue weighted by molar-refractivity contribution is 7.71. The summed E-state index contributed by atoms with van der Waals surface area (Å²) in [5.74, 6) is 2.03. The smallest absolute Gasteiger partial charge is 0.224 e. The number of nitrogens with zero attached hydrogens (tertiary/aromatic N) is 3. The number of carbonyl (C=O) groups is 1. The molecule has 0 saturated heterocycles. The molecule has 3 aromatic rings. The summed E-state index contributed by atoms with van der Waals surface area (Å²) in [5.41, 5.74) is 0.886. The first-order valence-corrected chi connectivity index (χ1v) is 10.2. The van der Waals surface area contributed by atoms with Crippen molar-refractivity contribution in [1.29, 1.82) is 0 Å². The molecule has 1 N–H and O–H groups in total. The second-order valence-electron chi connectivity index (χ2n) is 6.58. The molecule has 0 fully saturated rings. The highest BCUT2D eigenvalue weighted by Crippen LogP contribution is 2.23. The molecular weight excluding hydrogens is 424 g/mol. The van der Waals surface area contributed by atoms with Gasteiger partial charge in [0.25, 0.3) is 0 Å². The Labute approximate surface area is 185 Å². The molecule has 0 unspecified atom stereocenters. The minimum atomic E-state index is -0.0125. The number of hydrogen-bond acceptors (Lipinski definition) is 5. The molecule has 0 aliphatic rings. The molecule has 0 spiro atoms. The first-order valence-electron chi connectivity index (χ1n) is 9.40. The fourth-order valence-corrected chi connectivity index (χ4v) is 3.28. The molecule has 0 atom stereocenters. The Kier molecular flexibility index (Phi) is 7.48. The Morgan fingerprint density at radius 2 is 1.97 bits per heavy atom. The number of carbonyl (C=O) groups excluding carboxylic acids is 1. The van der Waals surface area contributed by atoms with E-state index in [2.05, 4.69) is 10.2 Å². The first-order chi connectivity index (χ1) is 14.5. The molecule has 3 rings (SSSR count). The number of halogens is 1. The van der Waals surface area contributed by atoms with Crippen LogP contribution in [0.15, 0.2) is 48.5 Å². The molecule has 1 aromatic heterocycles. The van der Waals surface area contributed by atoms with Crippen molar-refractivity contribution in [2.24, 2.45) is 0 Å². The van der Waals surface area contributed by atoms with Crippen LogP contribution >= 0.6 is 23.8 Å². The molecule has 1 amide bonds. The summed E-state index contributed by atoms with van der Waals surface area (Å²) >= 11 is 11.4. The van der Waals surface area contributed by atoms with Gasteiger partial charge in [-0.15, -0.1) is 0 Å². The summed E-state index contributed by atoms with van der Waals surface area (Å²) in [6.45, 7) is 1.23. The summed E-state index contributed by atoms with van der Waals surface area (Å²) in [6, 6.07) is 14.8. The molecule has 9 heteroatoms. The number of aromatic amines is 1. The third-order valence-corrected chi connectivity index (χ3v) is 5.23. The number of ether oxygens (including phenoxy) is 2. The van der Waals surface area contributed by atoms with Crippen LogP contribution in [0.3, 0.4) is 0 Å². The average molecular weight is 447 g/mol. The molecule has 1 heterocycles. The molecule has 0 radical (unpaired) electrons. The van der Waals surface area contributed by atoms with Crippen molar-refractivity contribution in [3.05, 3.63) is 58.3 Å². The van der Waals surface area contributed by atoms with E-state index in [1.807, 2.05) is 41.0 Å². The standard InChI is InChI=1S/C21H23ClN4O3S/c1-25(13-14-29-18-6-4-3-5-17(18)22)19(27)11-12-26-20(23-24-21(26)30)15-7-9-16(28-2)10-8-15/h3-10H,11-14H2,1-2H3,(H,24,30). The lowest BCUT2D eigenvalue weighted by atomic mass is 10.2. The highest BCUT2D eigenvalue weighted by atomic mass is 35.5. The van der Waals surface area contributed by atoms with Gasteiger partial charge in [-0.05, 0) is 48.6 Å². The van der Waals surface area contributed by atoms with Crippen LogP contribution in [0.4, 0.5) is 0 Å². The van der Waals surface area contributed by atoms with Gasteiger partial charge in [0.05, 0.1) is 18.7 Å². The number of likely N-dealkylation sites (N-methyl/N-ethyl adjacent to an activating group) is 1. The molecular formula is C21H23ClN4O3S. The van der Waals surface area contributed by atoms with Crippen LogP contribution in [0, 0.1) is 4.77 Å². The topological polar surface area (TPSA) is 72.4 Å². The highest BCUT2D eigenvalue weighted by Gasteiger charge is 2.13. The number of hydrogen-bond donors (Lipinski definition) is 1. The van der Waals surface area contributed by atoms with Crippen LogP contribution in [0.1, 0.15) is 6.42 Å². The van der Waals surface area contributed by atoms with E-state index >= 15 is 0 Å². The van der Waals surface area contributed by atoms with E-state index in [-0.39, 0.29) is 5.91 Å². The summed E-state index contributed by atoms with van der Waals surface area (Å²) in [7, 11) is 3.37. The van der Waals surface area contributed by atoms with Crippen molar-refractivity contribution in [3.8, 4) is 22.9 Å². The van der Waals surface area contributed by atoms with Gasteiger partial charge in [-0.2, -0.15) is 5.10 Å². The fourth-order valence-electron chi connectivity index (χ4n) is 2.86. The largest absolute Gasteiger partial charge is 0.497 e. The second kappa shape index (κ2) is 10.3. The molecule has 0 aliphatic carbocycles. The van der Waals surface area contributed by atoms with Crippen molar-refractivity contribution >= 4 is 29.7 Å². The quantitative estimate of drug-likeness (QED) is 0.499. The summed E-state index contributed by atoms with van der Waals surface area (Å²) in [4.78, 5) is 14.2. The monoisotopic (exact) mass is 446 g/mol. The van der Waals surface area contributed by atoms with Gasteiger partial charge in [-0.3, -0.25) is 14.5 Å². The minimum absolute atomic E-state index is 0.0125. The Morgan fingerprint density at radius 3 is 2.67 bits per heavy atom. The maximum Gasteiger partial charge on any atom is 0.224 e. The molecule has 0 saturated carbocycles. The summed E-state index contributed by atoms with van der Waals surface area (Å²) < 4.78 is 13.1. The maximum absolute atomic E-state index is 12.5. The predicted octanol–water partition coefficient (Wildman–Crippen LogP) is 4.20. The normalized spacial score (nSPS) is 10.6. The first kappa shape index (κ1) is 21.9. The molecule has 0 bridgehead atoms. The van der Waals surface area contributed by atoms with Gasteiger partial charge in [0, 0.05) is 25.6 Å². The number of rotatable bonds is 9. The van der Waals surface area contributed by atoms with Gasteiger partial charge in [0.1, 0.15) is 18.1 Å². The molecule has 30 heavy (non-hydrogen) atoms. The van der Waals surface area contributed by atoms with Crippen LogP contribution in [0.2, 0.25) is 5.02 Å². The van der Waals surface area contributed by atoms with Crippen molar-refractivity contribution < 1.29 is 14.3 Å². The zero-order chi connectivity index (χ0) is 21.5. The van der Waals surface area contributed by atoms with Gasteiger partial charge in [0.15, 0.2) is 10.6 Å². The number of H-pyrrole nitrogens is 1. The van der Waals surface area contributed by atoms with E-state index in [9.17, 15) is 4.79 Å². The van der Waals surface area contributed by atoms with Gasteiger partial charge in [0.2, 0.25) is 5.91 Å². The minimum Gasteiger partial charge on any atom is -0.497 e. The number of amides is 1. The zero-order valence-corrected chi connectivity index (χ0v) is 18.4. The van der Waals surface area contributed by atoms with Gasteiger partial charge < -0.3 is 14.4 Å². The fraction of sp³-hybridized carbons (Fsp3) is 0.286. The van der Waals surface area contributed by atoms with E-state index in [0.29, 0.717) is 47.5 Å². The lowest BCUT2D eigenvalue weighted by Gasteiger charge is -2.18. The Bertz CT molecular complexity index is 1050. The van der Waals surface area contributed by atoms with Crippen LogP contribution in [-0.2, 0) is 11.3 Å².